The zero-order valence-corrected chi connectivity index (χ0v) is 10.0. The minimum Gasteiger partial charge on any atom is -0.366 e. The van der Waals surface area contributed by atoms with Crippen molar-refractivity contribution in [2.24, 2.45) is 0 Å². The summed E-state index contributed by atoms with van der Waals surface area (Å²) in [7, 11) is 0. The number of aryl methyl sites for hydroxylation is 1. The summed E-state index contributed by atoms with van der Waals surface area (Å²) in [5, 5.41) is 7.55. The van der Waals surface area contributed by atoms with Gasteiger partial charge in [-0.2, -0.15) is 9.61 Å². The first-order valence-electron chi connectivity index (χ1n) is 5.76. The van der Waals surface area contributed by atoms with Crippen molar-refractivity contribution in [1.29, 1.82) is 0 Å². The van der Waals surface area contributed by atoms with Crippen molar-refractivity contribution in [3.8, 4) is 0 Å². The molecule has 3 rings (SSSR count). The summed E-state index contributed by atoms with van der Waals surface area (Å²) in [6, 6.07) is 8.02. The fourth-order valence-corrected chi connectivity index (χ4v) is 1.88. The molecule has 3 heterocycles. The monoisotopic (exact) mass is 239 g/mol. The highest BCUT2D eigenvalue weighted by Gasteiger charge is 2.03. The second-order valence-electron chi connectivity index (χ2n) is 4.16. The van der Waals surface area contributed by atoms with Gasteiger partial charge >= 0.3 is 0 Å². The van der Waals surface area contributed by atoms with E-state index in [1.54, 1.807) is 17.0 Å². The SMILES string of the molecule is Cc1cc(NCc2cccnc2)n2ncnc2c1. The molecule has 0 aromatic carbocycles. The van der Waals surface area contributed by atoms with Crippen LogP contribution in [-0.4, -0.2) is 19.6 Å². The van der Waals surface area contributed by atoms with Gasteiger partial charge in [0.25, 0.3) is 0 Å². The van der Waals surface area contributed by atoms with Crippen LogP contribution < -0.4 is 5.32 Å². The molecule has 1 N–H and O–H groups in total. The molecule has 0 bridgehead atoms. The minimum atomic E-state index is 0.715. The number of anilines is 1. The smallest absolute Gasteiger partial charge is 0.157 e. The quantitative estimate of drug-likeness (QED) is 0.760. The van der Waals surface area contributed by atoms with Gasteiger partial charge < -0.3 is 5.32 Å². The fourth-order valence-electron chi connectivity index (χ4n) is 1.88. The largest absolute Gasteiger partial charge is 0.366 e. The number of rotatable bonds is 3. The summed E-state index contributed by atoms with van der Waals surface area (Å²) in [5.41, 5.74) is 3.14. The van der Waals surface area contributed by atoms with E-state index in [9.17, 15) is 0 Å². The first kappa shape index (κ1) is 10.7. The molecule has 0 saturated heterocycles. The summed E-state index contributed by atoms with van der Waals surface area (Å²) < 4.78 is 1.80. The Balaban J connectivity index is 1.88. The third-order valence-corrected chi connectivity index (χ3v) is 2.72. The lowest BCUT2D eigenvalue weighted by Gasteiger charge is -2.08. The van der Waals surface area contributed by atoms with Gasteiger partial charge in [0.15, 0.2) is 5.65 Å². The van der Waals surface area contributed by atoms with Crippen LogP contribution in [0.5, 0.6) is 0 Å². The summed E-state index contributed by atoms with van der Waals surface area (Å²) >= 11 is 0. The molecule has 0 saturated carbocycles. The maximum Gasteiger partial charge on any atom is 0.157 e. The van der Waals surface area contributed by atoms with Crippen molar-refractivity contribution in [1.82, 2.24) is 19.6 Å². The van der Waals surface area contributed by atoms with Crippen LogP contribution in [0.2, 0.25) is 0 Å². The predicted molar refractivity (Wildman–Crippen MR) is 69.3 cm³/mol. The molecule has 0 amide bonds. The molecule has 0 aliphatic heterocycles. The summed E-state index contributed by atoms with van der Waals surface area (Å²) in [5.74, 6) is 0.936. The van der Waals surface area contributed by atoms with Crippen molar-refractivity contribution >= 4 is 11.5 Å². The molecule has 90 valence electrons. The van der Waals surface area contributed by atoms with E-state index >= 15 is 0 Å². The van der Waals surface area contributed by atoms with Gasteiger partial charge in [0, 0.05) is 18.9 Å². The van der Waals surface area contributed by atoms with Crippen LogP contribution in [0.1, 0.15) is 11.1 Å². The highest BCUT2D eigenvalue weighted by Crippen LogP contribution is 2.14. The predicted octanol–water partition coefficient (Wildman–Crippen LogP) is 2.04. The van der Waals surface area contributed by atoms with Crippen molar-refractivity contribution in [2.45, 2.75) is 13.5 Å². The Hall–Kier alpha value is -2.43. The maximum atomic E-state index is 4.20. The van der Waals surface area contributed by atoms with Crippen LogP contribution in [0.25, 0.3) is 5.65 Å². The van der Waals surface area contributed by atoms with E-state index in [-0.39, 0.29) is 0 Å². The number of pyridine rings is 2. The molecular weight excluding hydrogens is 226 g/mol. The van der Waals surface area contributed by atoms with E-state index in [2.05, 4.69) is 26.4 Å². The van der Waals surface area contributed by atoms with E-state index in [4.69, 9.17) is 0 Å². The Labute approximate surface area is 105 Å². The van der Waals surface area contributed by atoms with Crippen LogP contribution in [0, 0.1) is 6.92 Å². The molecule has 18 heavy (non-hydrogen) atoms. The van der Waals surface area contributed by atoms with Crippen LogP contribution in [0.3, 0.4) is 0 Å². The van der Waals surface area contributed by atoms with Crippen molar-refractivity contribution in [2.75, 3.05) is 5.32 Å². The molecule has 0 aliphatic carbocycles. The first-order chi connectivity index (χ1) is 8.83. The molecule has 3 aromatic rings. The number of hydrogen-bond donors (Lipinski definition) is 1. The zero-order chi connectivity index (χ0) is 12.4. The highest BCUT2D eigenvalue weighted by atomic mass is 15.3. The zero-order valence-electron chi connectivity index (χ0n) is 10.0. The Kier molecular flexibility index (Phi) is 2.64. The third-order valence-electron chi connectivity index (χ3n) is 2.72. The Morgan fingerprint density at radius 1 is 1.33 bits per heavy atom. The lowest BCUT2D eigenvalue weighted by Crippen LogP contribution is -2.05. The molecule has 0 aliphatic rings. The second-order valence-corrected chi connectivity index (χ2v) is 4.16. The van der Waals surface area contributed by atoms with Crippen molar-refractivity contribution < 1.29 is 0 Å². The van der Waals surface area contributed by atoms with Gasteiger partial charge in [-0.3, -0.25) is 4.98 Å². The van der Waals surface area contributed by atoms with E-state index in [0.29, 0.717) is 6.54 Å². The van der Waals surface area contributed by atoms with Crippen LogP contribution >= 0.6 is 0 Å². The Bertz CT molecular complexity index is 659. The van der Waals surface area contributed by atoms with Gasteiger partial charge in [0.2, 0.25) is 0 Å². The van der Waals surface area contributed by atoms with Crippen LogP contribution in [-0.2, 0) is 6.54 Å². The van der Waals surface area contributed by atoms with E-state index in [0.717, 1.165) is 22.6 Å². The molecule has 5 heteroatoms. The van der Waals surface area contributed by atoms with Gasteiger partial charge in [-0.15, -0.1) is 0 Å². The average molecular weight is 239 g/mol. The lowest BCUT2D eigenvalue weighted by molar-refractivity contribution is 0.939. The number of fused-ring (bicyclic) bond motifs is 1. The van der Waals surface area contributed by atoms with Crippen LogP contribution in [0.15, 0.2) is 43.0 Å². The molecule has 0 spiro atoms. The molecular formula is C13H13N5. The van der Waals surface area contributed by atoms with Crippen LogP contribution in [0.4, 0.5) is 5.82 Å². The molecule has 0 radical (unpaired) electrons. The van der Waals surface area contributed by atoms with Crippen molar-refractivity contribution in [3.05, 3.63) is 54.1 Å². The Morgan fingerprint density at radius 2 is 2.28 bits per heavy atom. The van der Waals surface area contributed by atoms with Gasteiger partial charge in [-0.1, -0.05) is 6.07 Å². The molecule has 0 atom stereocenters. The average Bonchev–Trinajstić information content (AvgIpc) is 2.85. The van der Waals surface area contributed by atoms with Gasteiger partial charge in [-0.25, -0.2) is 4.98 Å². The Morgan fingerprint density at radius 3 is 3.11 bits per heavy atom. The number of nitrogens with one attached hydrogen (secondary N) is 1. The maximum absolute atomic E-state index is 4.20. The summed E-state index contributed by atoms with van der Waals surface area (Å²) in [4.78, 5) is 8.29. The lowest BCUT2D eigenvalue weighted by atomic mass is 10.2. The fraction of sp³-hybridized carbons (Fsp3) is 0.154. The molecule has 0 unspecified atom stereocenters. The number of aromatic nitrogens is 4. The van der Waals surface area contributed by atoms with Gasteiger partial charge in [0.05, 0.1) is 0 Å². The minimum absolute atomic E-state index is 0.715. The third kappa shape index (κ3) is 2.02. The second kappa shape index (κ2) is 4.44. The van der Waals surface area contributed by atoms with E-state index in [1.807, 2.05) is 31.3 Å². The van der Waals surface area contributed by atoms with Gasteiger partial charge in [0.1, 0.15) is 12.1 Å². The highest BCUT2D eigenvalue weighted by molar-refractivity contribution is 5.51. The van der Waals surface area contributed by atoms with Gasteiger partial charge in [-0.05, 0) is 36.2 Å². The van der Waals surface area contributed by atoms with E-state index < -0.39 is 0 Å². The summed E-state index contributed by atoms with van der Waals surface area (Å²) in [6.07, 6.45) is 5.18. The molecule has 5 nitrogen and oxygen atoms in total. The summed E-state index contributed by atoms with van der Waals surface area (Å²) in [6.45, 7) is 2.76. The topological polar surface area (TPSA) is 55.1 Å². The van der Waals surface area contributed by atoms with E-state index in [1.165, 1.54) is 0 Å². The molecule has 0 fully saturated rings. The molecule has 3 aromatic heterocycles. The number of hydrogen-bond acceptors (Lipinski definition) is 4. The van der Waals surface area contributed by atoms with Crippen molar-refractivity contribution in [3.63, 3.8) is 0 Å². The number of nitrogens with zero attached hydrogens (tertiary/aromatic N) is 4. The first-order valence-corrected chi connectivity index (χ1v) is 5.76. The standard InChI is InChI=1S/C13H13N5/c1-10-5-12(18-13(6-10)16-9-17-18)15-8-11-3-2-4-14-7-11/h2-7,9,15H,8H2,1H3. The normalized spacial score (nSPS) is 10.7.